The van der Waals surface area contributed by atoms with E-state index in [9.17, 15) is 9.59 Å². The molecule has 2 N–H and O–H groups in total. The van der Waals surface area contributed by atoms with Gasteiger partial charge >= 0.3 is 0 Å². The van der Waals surface area contributed by atoms with Gasteiger partial charge in [0.25, 0.3) is 0 Å². The van der Waals surface area contributed by atoms with E-state index in [0.717, 1.165) is 45.7 Å². The molecule has 6 heteroatoms. The van der Waals surface area contributed by atoms with Crippen molar-refractivity contribution in [3.05, 3.63) is 0 Å². The van der Waals surface area contributed by atoms with Gasteiger partial charge in [0.05, 0.1) is 6.54 Å². The fourth-order valence-electron chi connectivity index (χ4n) is 2.36. The molecule has 20 heavy (non-hydrogen) atoms. The van der Waals surface area contributed by atoms with Crippen LogP contribution >= 0.6 is 0 Å². The minimum atomic E-state index is 0.0132. The Bertz CT molecular complexity index is 298. The topological polar surface area (TPSA) is 64.7 Å². The van der Waals surface area contributed by atoms with E-state index in [1.54, 1.807) is 4.90 Å². The summed E-state index contributed by atoms with van der Waals surface area (Å²) in [6, 6.07) is 0. The molecule has 0 aromatic heterocycles. The van der Waals surface area contributed by atoms with E-state index in [1.807, 2.05) is 13.8 Å². The first kappa shape index (κ1) is 16.9. The highest BCUT2D eigenvalue weighted by atomic mass is 16.2. The van der Waals surface area contributed by atoms with Crippen molar-refractivity contribution in [1.82, 2.24) is 20.4 Å². The highest BCUT2D eigenvalue weighted by Crippen LogP contribution is 1.95. The highest BCUT2D eigenvalue weighted by molar-refractivity contribution is 5.80. The Morgan fingerprint density at radius 3 is 2.65 bits per heavy atom. The number of carbonyl (C=O) groups excluding carboxylic acids is 2. The summed E-state index contributed by atoms with van der Waals surface area (Å²) in [5.74, 6) is 0.119. The predicted molar refractivity (Wildman–Crippen MR) is 79.5 cm³/mol. The lowest BCUT2D eigenvalue weighted by Crippen LogP contribution is -2.40. The summed E-state index contributed by atoms with van der Waals surface area (Å²) in [7, 11) is 0. The summed E-state index contributed by atoms with van der Waals surface area (Å²) in [5, 5.41) is 6.15. The van der Waals surface area contributed by atoms with Gasteiger partial charge in [-0.15, -0.1) is 0 Å². The summed E-state index contributed by atoms with van der Waals surface area (Å²) in [6.45, 7) is 10.1. The molecule has 0 aromatic rings. The molecule has 116 valence electrons. The molecule has 0 radical (unpaired) electrons. The van der Waals surface area contributed by atoms with Crippen LogP contribution in [0.2, 0.25) is 0 Å². The molecule has 0 bridgehead atoms. The largest absolute Gasteiger partial charge is 0.354 e. The van der Waals surface area contributed by atoms with Crippen LogP contribution in [0.5, 0.6) is 0 Å². The summed E-state index contributed by atoms with van der Waals surface area (Å²) < 4.78 is 0. The zero-order valence-electron chi connectivity index (χ0n) is 12.8. The summed E-state index contributed by atoms with van der Waals surface area (Å²) >= 11 is 0. The first-order chi connectivity index (χ1) is 9.67. The van der Waals surface area contributed by atoms with E-state index < -0.39 is 0 Å². The molecular formula is C14H28N4O2. The molecule has 0 atom stereocenters. The average Bonchev–Trinajstić information content (AvgIpc) is 2.68. The van der Waals surface area contributed by atoms with Crippen molar-refractivity contribution in [2.24, 2.45) is 0 Å². The normalized spacial score (nSPS) is 16.5. The maximum Gasteiger partial charge on any atom is 0.234 e. The Hall–Kier alpha value is -1.14. The Morgan fingerprint density at radius 2 is 1.95 bits per heavy atom. The number of carbonyl (C=O) groups is 2. The van der Waals surface area contributed by atoms with Gasteiger partial charge in [-0.3, -0.25) is 14.5 Å². The van der Waals surface area contributed by atoms with Gasteiger partial charge in [-0.05, 0) is 33.4 Å². The van der Waals surface area contributed by atoms with Gasteiger partial charge in [0.15, 0.2) is 0 Å². The van der Waals surface area contributed by atoms with Gasteiger partial charge in [-0.1, -0.05) is 0 Å². The average molecular weight is 284 g/mol. The first-order valence-electron chi connectivity index (χ1n) is 7.64. The maximum atomic E-state index is 11.8. The van der Waals surface area contributed by atoms with Crippen molar-refractivity contribution in [1.29, 1.82) is 0 Å². The lowest BCUT2D eigenvalue weighted by molar-refractivity contribution is -0.130. The molecule has 1 saturated heterocycles. The van der Waals surface area contributed by atoms with E-state index in [0.29, 0.717) is 19.5 Å². The lowest BCUT2D eigenvalue weighted by atomic mass is 10.3. The van der Waals surface area contributed by atoms with Gasteiger partial charge in [0.2, 0.25) is 11.8 Å². The van der Waals surface area contributed by atoms with Crippen molar-refractivity contribution in [2.75, 3.05) is 52.4 Å². The zero-order valence-corrected chi connectivity index (χ0v) is 12.8. The Balaban J connectivity index is 2.17. The summed E-state index contributed by atoms with van der Waals surface area (Å²) in [5.41, 5.74) is 0. The fraction of sp³-hybridized carbons (Fsp3) is 0.857. The van der Waals surface area contributed by atoms with Crippen molar-refractivity contribution >= 4 is 11.8 Å². The van der Waals surface area contributed by atoms with Gasteiger partial charge in [0, 0.05) is 39.1 Å². The lowest BCUT2D eigenvalue weighted by Gasteiger charge is -2.20. The number of nitrogens with one attached hydrogen (secondary N) is 2. The van der Waals surface area contributed by atoms with E-state index in [-0.39, 0.29) is 11.8 Å². The second-order valence-electron chi connectivity index (χ2n) is 5.05. The number of amides is 2. The molecule has 2 amide bonds. The molecule has 1 aliphatic rings. The van der Waals surface area contributed by atoms with Crippen LogP contribution in [0, 0.1) is 0 Å². The van der Waals surface area contributed by atoms with Gasteiger partial charge in [-0.2, -0.15) is 0 Å². The van der Waals surface area contributed by atoms with Gasteiger partial charge < -0.3 is 15.5 Å². The Kier molecular flexibility index (Phi) is 8.22. The number of hydrogen-bond acceptors (Lipinski definition) is 4. The third-order valence-electron chi connectivity index (χ3n) is 3.58. The quantitative estimate of drug-likeness (QED) is 0.671. The molecule has 1 aliphatic heterocycles. The Morgan fingerprint density at radius 1 is 1.20 bits per heavy atom. The zero-order chi connectivity index (χ0) is 14.8. The van der Waals surface area contributed by atoms with Crippen LogP contribution < -0.4 is 10.6 Å². The monoisotopic (exact) mass is 284 g/mol. The molecule has 0 saturated carbocycles. The van der Waals surface area contributed by atoms with Crippen LogP contribution in [0.4, 0.5) is 0 Å². The van der Waals surface area contributed by atoms with Crippen LogP contribution in [0.3, 0.4) is 0 Å². The van der Waals surface area contributed by atoms with Crippen molar-refractivity contribution in [3.63, 3.8) is 0 Å². The predicted octanol–water partition coefficient (Wildman–Crippen LogP) is -0.344. The van der Waals surface area contributed by atoms with E-state index in [1.165, 1.54) is 0 Å². The molecule has 6 nitrogen and oxygen atoms in total. The van der Waals surface area contributed by atoms with E-state index >= 15 is 0 Å². The maximum absolute atomic E-state index is 11.8. The molecule has 0 aromatic carbocycles. The van der Waals surface area contributed by atoms with Crippen molar-refractivity contribution < 1.29 is 9.59 Å². The highest BCUT2D eigenvalue weighted by Gasteiger charge is 2.13. The van der Waals surface area contributed by atoms with Crippen LogP contribution in [0.25, 0.3) is 0 Å². The SMILES string of the molecule is CCN(CC)C(=O)CCNC(=O)CN1CCCNCC1. The first-order valence-corrected chi connectivity index (χ1v) is 7.64. The molecule has 1 fully saturated rings. The molecule has 0 unspecified atom stereocenters. The van der Waals surface area contributed by atoms with Crippen LogP contribution in [0.15, 0.2) is 0 Å². The Labute approximate surface area is 121 Å². The van der Waals surface area contributed by atoms with Crippen molar-refractivity contribution in [3.8, 4) is 0 Å². The molecule has 0 aliphatic carbocycles. The fourth-order valence-corrected chi connectivity index (χ4v) is 2.36. The number of nitrogens with zero attached hydrogens (tertiary/aromatic N) is 2. The molecule has 1 heterocycles. The summed E-state index contributed by atoms with van der Waals surface area (Å²) in [6.07, 6.45) is 1.46. The van der Waals surface area contributed by atoms with E-state index in [4.69, 9.17) is 0 Å². The van der Waals surface area contributed by atoms with Gasteiger partial charge in [0.1, 0.15) is 0 Å². The third-order valence-corrected chi connectivity index (χ3v) is 3.58. The second-order valence-corrected chi connectivity index (χ2v) is 5.05. The minimum absolute atomic E-state index is 0.0132. The van der Waals surface area contributed by atoms with Gasteiger partial charge in [-0.25, -0.2) is 0 Å². The smallest absolute Gasteiger partial charge is 0.234 e. The number of rotatable bonds is 7. The molecular weight excluding hydrogens is 256 g/mol. The van der Waals surface area contributed by atoms with Crippen LogP contribution in [-0.2, 0) is 9.59 Å². The van der Waals surface area contributed by atoms with Crippen LogP contribution in [0.1, 0.15) is 26.7 Å². The van der Waals surface area contributed by atoms with Crippen LogP contribution in [-0.4, -0.2) is 74.0 Å². The molecule has 1 rings (SSSR count). The summed E-state index contributed by atoms with van der Waals surface area (Å²) in [4.78, 5) is 27.5. The van der Waals surface area contributed by atoms with Crippen molar-refractivity contribution in [2.45, 2.75) is 26.7 Å². The number of hydrogen-bond donors (Lipinski definition) is 2. The third kappa shape index (κ3) is 6.34. The van der Waals surface area contributed by atoms with E-state index in [2.05, 4.69) is 15.5 Å². The standard InChI is InChI=1S/C14H28N4O2/c1-3-18(4-2)14(20)6-8-16-13(19)12-17-10-5-7-15-9-11-17/h15H,3-12H2,1-2H3,(H,16,19). The second kappa shape index (κ2) is 9.72. The minimum Gasteiger partial charge on any atom is -0.354 e. The molecule has 0 spiro atoms.